The highest BCUT2D eigenvalue weighted by molar-refractivity contribution is 5.75. The lowest BCUT2D eigenvalue weighted by Crippen LogP contribution is -2.51. The van der Waals surface area contributed by atoms with E-state index in [1.54, 1.807) is 16.6 Å². The van der Waals surface area contributed by atoms with Gasteiger partial charge in [-0.2, -0.15) is 5.10 Å². The number of urea groups is 1. The second kappa shape index (κ2) is 8.75. The summed E-state index contributed by atoms with van der Waals surface area (Å²) in [5.74, 6) is 0. The maximum atomic E-state index is 13.1. The van der Waals surface area contributed by atoms with Crippen LogP contribution in [-0.4, -0.2) is 61.1 Å². The first-order valence-corrected chi connectivity index (χ1v) is 11.3. The van der Waals surface area contributed by atoms with Crippen molar-refractivity contribution < 1.29 is 9.90 Å². The van der Waals surface area contributed by atoms with Gasteiger partial charge in [-0.1, -0.05) is 42.5 Å². The topological polar surface area (TPSA) is 105 Å². The molecule has 2 aromatic carbocycles. The molecule has 2 aromatic heterocycles. The molecular weight excluding hydrogens is 432 g/mol. The molecule has 0 unspecified atom stereocenters. The molecule has 3 heterocycles. The van der Waals surface area contributed by atoms with Gasteiger partial charge in [-0.3, -0.25) is 9.36 Å². The highest BCUT2D eigenvalue weighted by Crippen LogP contribution is 2.25. The zero-order valence-electron chi connectivity index (χ0n) is 18.9. The Morgan fingerprint density at radius 2 is 1.74 bits per heavy atom. The number of aliphatic hydroxyl groups is 1. The Labute approximate surface area is 196 Å². The van der Waals surface area contributed by atoms with Crippen molar-refractivity contribution in [3.8, 4) is 16.8 Å². The smallest absolute Gasteiger partial charge is 0.317 e. The van der Waals surface area contributed by atoms with E-state index in [-0.39, 0.29) is 18.1 Å². The summed E-state index contributed by atoms with van der Waals surface area (Å²) in [6.07, 6.45) is 3.75. The second-order valence-electron chi connectivity index (χ2n) is 8.65. The van der Waals surface area contributed by atoms with E-state index < -0.39 is 5.60 Å². The summed E-state index contributed by atoms with van der Waals surface area (Å²) in [5.41, 5.74) is 2.16. The number of likely N-dealkylation sites (tertiary alicyclic amines) is 1. The summed E-state index contributed by atoms with van der Waals surface area (Å²) in [5, 5.41) is 18.4. The quantitative estimate of drug-likeness (QED) is 0.489. The Morgan fingerprint density at radius 3 is 2.41 bits per heavy atom. The Balaban J connectivity index is 1.38. The number of piperidine rings is 1. The van der Waals surface area contributed by atoms with Gasteiger partial charge in [0.15, 0.2) is 5.65 Å². The molecule has 2 N–H and O–H groups in total. The molecule has 2 amide bonds. The average molecular weight is 459 g/mol. The number of benzene rings is 2. The van der Waals surface area contributed by atoms with Gasteiger partial charge in [0.1, 0.15) is 11.7 Å². The van der Waals surface area contributed by atoms with Crippen LogP contribution in [0, 0.1) is 0 Å². The van der Waals surface area contributed by atoms with Gasteiger partial charge in [0, 0.05) is 20.1 Å². The molecule has 5 rings (SSSR count). The highest BCUT2D eigenvalue weighted by atomic mass is 16.3. The van der Waals surface area contributed by atoms with Crippen LogP contribution in [-0.2, 0) is 6.54 Å². The van der Waals surface area contributed by atoms with Gasteiger partial charge in [-0.05, 0) is 36.1 Å². The van der Waals surface area contributed by atoms with Crippen molar-refractivity contribution in [1.82, 2.24) is 29.5 Å². The van der Waals surface area contributed by atoms with E-state index in [0.717, 1.165) is 16.8 Å². The summed E-state index contributed by atoms with van der Waals surface area (Å²) < 4.78 is 3.08. The standard InChI is InChI=1S/C25H26N6O3/c1-26-24(33)29-13-11-25(34,12-14-29)16-30-17-27-22-21(23(30)32)15-28-31(22)20-9-7-19(8-10-20)18-5-3-2-4-6-18/h2-10,15,17,34H,11-14,16H2,1H3,(H,26,33). The summed E-state index contributed by atoms with van der Waals surface area (Å²) in [4.78, 5) is 31.1. The van der Waals surface area contributed by atoms with Crippen molar-refractivity contribution in [1.29, 1.82) is 0 Å². The van der Waals surface area contributed by atoms with Crippen molar-refractivity contribution in [3.63, 3.8) is 0 Å². The minimum absolute atomic E-state index is 0.118. The van der Waals surface area contributed by atoms with Crippen LogP contribution in [0.25, 0.3) is 27.8 Å². The number of aromatic nitrogens is 4. The van der Waals surface area contributed by atoms with Crippen LogP contribution in [0.2, 0.25) is 0 Å². The third-order valence-corrected chi connectivity index (χ3v) is 6.43. The van der Waals surface area contributed by atoms with Crippen molar-refractivity contribution >= 4 is 17.1 Å². The highest BCUT2D eigenvalue weighted by Gasteiger charge is 2.34. The van der Waals surface area contributed by atoms with Crippen molar-refractivity contribution in [3.05, 3.63) is 77.5 Å². The minimum Gasteiger partial charge on any atom is -0.388 e. The van der Waals surface area contributed by atoms with Gasteiger partial charge in [0.05, 0.1) is 24.0 Å². The van der Waals surface area contributed by atoms with Crippen molar-refractivity contribution in [2.24, 2.45) is 0 Å². The molecule has 0 bridgehead atoms. The number of amides is 2. The lowest BCUT2D eigenvalue weighted by molar-refractivity contribution is -0.0264. The summed E-state index contributed by atoms with van der Waals surface area (Å²) in [6.45, 7) is 0.975. The van der Waals surface area contributed by atoms with E-state index >= 15 is 0 Å². The number of nitrogens with one attached hydrogen (secondary N) is 1. The Bertz CT molecular complexity index is 1370. The second-order valence-corrected chi connectivity index (χ2v) is 8.65. The van der Waals surface area contributed by atoms with Crippen LogP contribution >= 0.6 is 0 Å². The van der Waals surface area contributed by atoms with Crippen LogP contribution in [0.5, 0.6) is 0 Å². The molecule has 1 saturated heterocycles. The molecule has 0 aliphatic carbocycles. The number of rotatable bonds is 4. The van der Waals surface area contributed by atoms with E-state index in [2.05, 4.69) is 27.5 Å². The molecule has 0 radical (unpaired) electrons. The fourth-order valence-corrected chi connectivity index (χ4v) is 4.44. The molecule has 9 nitrogen and oxygen atoms in total. The zero-order valence-corrected chi connectivity index (χ0v) is 18.9. The first-order chi connectivity index (χ1) is 16.5. The molecule has 4 aromatic rings. The molecular formula is C25H26N6O3. The van der Waals surface area contributed by atoms with Gasteiger partial charge in [0.25, 0.3) is 5.56 Å². The van der Waals surface area contributed by atoms with Gasteiger partial charge < -0.3 is 15.3 Å². The predicted octanol–water partition coefficient (Wildman–Crippen LogP) is 2.42. The largest absolute Gasteiger partial charge is 0.388 e. The van der Waals surface area contributed by atoms with E-state index in [1.807, 2.05) is 42.5 Å². The van der Waals surface area contributed by atoms with Gasteiger partial charge in [-0.15, -0.1) is 0 Å². The Kier molecular flexibility index (Phi) is 5.62. The fraction of sp³-hybridized carbons (Fsp3) is 0.280. The lowest BCUT2D eigenvalue weighted by Gasteiger charge is -2.38. The number of hydrogen-bond acceptors (Lipinski definition) is 5. The summed E-state index contributed by atoms with van der Waals surface area (Å²) in [6, 6.07) is 17.9. The van der Waals surface area contributed by atoms with E-state index in [4.69, 9.17) is 0 Å². The molecule has 0 spiro atoms. The van der Waals surface area contributed by atoms with E-state index in [9.17, 15) is 14.7 Å². The molecule has 9 heteroatoms. The Morgan fingerprint density at radius 1 is 1.06 bits per heavy atom. The Hall–Kier alpha value is -3.98. The number of hydrogen-bond donors (Lipinski definition) is 2. The molecule has 174 valence electrons. The van der Waals surface area contributed by atoms with Crippen LogP contribution in [0.4, 0.5) is 4.79 Å². The summed E-state index contributed by atoms with van der Waals surface area (Å²) in [7, 11) is 1.58. The number of fused-ring (bicyclic) bond motifs is 1. The normalized spacial score (nSPS) is 15.4. The van der Waals surface area contributed by atoms with E-state index in [1.165, 1.54) is 17.1 Å². The maximum Gasteiger partial charge on any atom is 0.317 e. The third-order valence-electron chi connectivity index (χ3n) is 6.43. The number of carbonyl (C=O) groups excluding carboxylic acids is 1. The predicted molar refractivity (Wildman–Crippen MR) is 129 cm³/mol. The van der Waals surface area contributed by atoms with Crippen LogP contribution in [0.1, 0.15) is 12.8 Å². The molecule has 1 aliphatic heterocycles. The zero-order chi connectivity index (χ0) is 23.7. The lowest BCUT2D eigenvalue weighted by atomic mass is 9.91. The van der Waals surface area contributed by atoms with Crippen molar-refractivity contribution in [2.45, 2.75) is 25.0 Å². The number of carbonyl (C=O) groups is 1. The minimum atomic E-state index is -1.08. The molecule has 34 heavy (non-hydrogen) atoms. The molecule has 1 fully saturated rings. The van der Waals surface area contributed by atoms with E-state index in [0.29, 0.717) is 37.0 Å². The van der Waals surface area contributed by atoms with Crippen molar-refractivity contribution in [2.75, 3.05) is 20.1 Å². The first-order valence-electron chi connectivity index (χ1n) is 11.3. The SMILES string of the molecule is CNC(=O)N1CCC(O)(Cn2cnc3c(cnn3-c3ccc(-c4ccccc4)cc3)c2=O)CC1. The van der Waals surface area contributed by atoms with Gasteiger partial charge >= 0.3 is 6.03 Å². The molecule has 0 atom stereocenters. The fourth-order valence-electron chi connectivity index (χ4n) is 4.44. The summed E-state index contributed by atoms with van der Waals surface area (Å²) >= 11 is 0. The van der Waals surface area contributed by atoms with Crippen LogP contribution < -0.4 is 10.9 Å². The van der Waals surface area contributed by atoms with Crippen LogP contribution in [0.3, 0.4) is 0 Å². The first kappa shape index (κ1) is 21.8. The van der Waals surface area contributed by atoms with Gasteiger partial charge in [0.2, 0.25) is 0 Å². The third kappa shape index (κ3) is 4.06. The molecule has 0 saturated carbocycles. The number of nitrogens with zero attached hydrogens (tertiary/aromatic N) is 5. The molecule has 1 aliphatic rings. The monoisotopic (exact) mass is 458 g/mol. The van der Waals surface area contributed by atoms with Crippen LogP contribution in [0.15, 0.2) is 71.9 Å². The van der Waals surface area contributed by atoms with Gasteiger partial charge in [-0.25, -0.2) is 14.5 Å². The maximum absolute atomic E-state index is 13.1. The average Bonchev–Trinajstić information content (AvgIpc) is 3.31.